The van der Waals surface area contributed by atoms with Crippen molar-refractivity contribution in [2.45, 2.75) is 56.7 Å². The van der Waals surface area contributed by atoms with Gasteiger partial charge in [0.1, 0.15) is 18.3 Å². The number of rotatable bonds is 5. The van der Waals surface area contributed by atoms with Crippen molar-refractivity contribution in [1.29, 1.82) is 0 Å². The topological polar surface area (TPSA) is 109 Å². The second-order valence-corrected chi connectivity index (χ2v) is 12.4. The maximum absolute atomic E-state index is 10.2. The molecule has 0 amide bonds. The van der Waals surface area contributed by atoms with Crippen LogP contribution < -0.4 is 10.4 Å². The van der Waals surface area contributed by atoms with Gasteiger partial charge in [-0.2, -0.15) is 0 Å². The average molecular weight is 421 g/mol. The molecule has 0 bridgehead atoms. The third kappa shape index (κ3) is 4.16. The number of ether oxygens (including phenoxy) is 1. The lowest BCUT2D eigenvalue weighted by Crippen LogP contribution is -2.67. The van der Waals surface area contributed by atoms with E-state index in [1.54, 1.807) is 0 Å². The quantitative estimate of drug-likeness (QED) is 0.312. The van der Waals surface area contributed by atoms with Crippen LogP contribution in [-0.2, 0) is 14.2 Å². The molecule has 1 aliphatic rings. The number of hydrogen-bond donors (Lipinski definition) is 4. The molecular formula is C21H28O7Si. The average Bonchev–Trinajstić information content (AvgIpc) is 2.71. The Morgan fingerprint density at radius 1 is 0.759 bits per heavy atom. The van der Waals surface area contributed by atoms with Gasteiger partial charge in [0.2, 0.25) is 6.29 Å². The molecule has 29 heavy (non-hydrogen) atoms. The van der Waals surface area contributed by atoms with Crippen molar-refractivity contribution in [2.75, 3.05) is 0 Å². The van der Waals surface area contributed by atoms with Gasteiger partial charge in [-0.25, -0.2) is 4.89 Å². The van der Waals surface area contributed by atoms with Crippen molar-refractivity contribution in [3.63, 3.8) is 0 Å². The highest BCUT2D eigenvalue weighted by molar-refractivity contribution is 6.99. The molecule has 2 aromatic rings. The van der Waals surface area contributed by atoms with Crippen LogP contribution in [0, 0.1) is 0 Å². The molecule has 2 unspecified atom stereocenters. The van der Waals surface area contributed by atoms with Crippen LogP contribution in [0.3, 0.4) is 0 Å². The predicted octanol–water partition coefficient (Wildman–Crippen LogP) is 0.252. The van der Waals surface area contributed by atoms with Crippen molar-refractivity contribution in [2.24, 2.45) is 0 Å². The van der Waals surface area contributed by atoms with E-state index in [1.807, 2.05) is 81.4 Å². The van der Waals surface area contributed by atoms with Gasteiger partial charge in [-0.3, -0.25) is 4.58 Å². The summed E-state index contributed by atoms with van der Waals surface area (Å²) in [6.45, 7) is 6.15. The van der Waals surface area contributed by atoms with E-state index in [9.17, 15) is 20.4 Å². The fourth-order valence-corrected chi connectivity index (χ4v) is 7.70. The van der Waals surface area contributed by atoms with Gasteiger partial charge in [-0.05, 0) is 15.4 Å². The first-order valence-corrected chi connectivity index (χ1v) is 11.4. The third-order valence-electron chi connectivity index (χ3n) is 5.23. The molecule has 5 atom stereocenters. The Morgan fingerprint density at radius 3 is 1.69 bits per heavy atom. The molecule has 8 heteroatoms. The van der Waals surface area contributed by atoms with Crippen LogP contribution in [0.5, 0.6) is 0 Å². The van der Waals surface area contributed by atoms with E-state index >= 15 is 0 Å². The zero-order valence-corrected chi connectivity index (χ0v) is 17.7. The minimum absolute atomic E-state index is 0.383. The van der Waals surface area contributed by atoms with Crippen LogP contribution >= 0.6 is 0 Å². The van der Waals surface area contributed by atoms with Gasteiger partial charge in [0.05, 0.1) is 0 Å². The molecule has 0 radical (unpaired) electrons. The summed E-state index contributed by atoms with van der Waals surface area (Å²) in [6.07, 6.45) is -8.04. The summed E-state index contributed by atoms with van der Waals surface area (Å²) in [4.78, 5) is 5.54. The molecule has 158 valence electrons. The SMILES string of the molecule is CC(C)(C)[Si](OOC1OC(O)[C@@H](O)[C@@H](O)[C@@H]1O)(c1ccccc1)c1ccccc1. The normalized spacial score (nSPS) is 28.3. The minimum atomic E-state index is -3.06. The van der Waals surface area contributed by atoms with Gasteiger partial charge in [0, 0.05) is 0 Å². The standard InChI is InChI=1S/C21H28O7Si/c1-21(2,3)29(14-10-6-4-7-11-14,15-12-8-5-9-13-15)28-27-20-18(24)16(22)17(23)19(25)26-20/h4-13,16-20,22-25H,1-3H3/t16-,17+,18+,19?,20?/m1/s1. The van der Waals surface area contributed by atoms with Gasteiger partial charge >= 0.3 is 8.32 Å². The Bertz CT molecular complexity index is 741. The molecule has 1 fully saturated rings. The Hall–Kier alpha value is -1.62. The summed E-state index contributed by atoms with van der Waals surface area (Å²) >= 11 is 0. The van der Waals surface area contributed by atoms with E-state index in [-0.39, 0.29) is 5.04 Å². The fourth-order valence-electron chi connectivity index (χ4n) is 3.63. The first kappa shape index (κ1) is 22.1. The van der Waals surface area contributed by atoms with Crippen molar-refractivity contribution in [1.82, 2.24) is 0 Å². The maximum atomic E-state index is 10.2. The first-order chi connectivity index (χ1) is 13.7. The zero-order valence-electron chi connectivity index (χ0n) is 16.7. The number of aliphatic hydroxyl groups excluding tert-OH is 4. The van der Waals surface area contributed by atoms with Gasteiger partial charge in [-0.1, -0.05) is 81.4 Å². The van der Waals surface area contributed by atoms with E-state index in [0.29, 0.717) is 0 Å². The summed E-state index contributed by atoms with van der Waals surface area (Å²) in [5, 5.41) is 41.2. The number of hydrogen-bond acceptors (Lipinski definition) is 7. The second-order valence-electron chi connectivity index (χ2n) is 8.21. The number of benzene rings is 2. The second kappa shape index (κ2) is 8.63. The van der Waals surface area contributed by atoms with E-state index in [0.717, 1.165) is 10.4 Å². The molecule has 1 heterocycles. The van der Waals surface area contributed by atoms with Crippen LogP contribution in [0.1, 0.15) is 20.8 Å². The molecule has 0 aromatic heterocycles. The number of aliphatic hydroxyl groups is 4. The van der Waals surface area contributed by atoms with Crippen molar-refractivity contribution >= 4 is 18.7 Å². The molecular weight excluding hydrogens is 392 g/mol. The molecule has 7 nitrogen and oxygen atoms in total. The molecule has 3 rings (SSSR count). The molecule has 0 saturated carbocycles. The van der Waals surface area contributed by atoms with Crippen LogP contribution in [0.2, 0.25) is 5.04 Å². The van der Waals surface area contributed by atoms with E-state index in [2.05, 4.69) is 0 Å². The predicted molar refractivity (Wildman–Crippen MR) is 109 cm³/mol. The van der Waals surface area contributed by atoms with Gasteiger partial charge in [0.15, 0.2) is 6.29 Å². The lowest BCUT2D eigenvalue weighted by Gasteiger charge is -2.43. The molecule has 1 aliphatic heterocycles. The lowest BCUT2D eigenvalue weighted by atomic mass is 10.0. The van der Waals surface area contributed by atoms with E-state index in [4.69, 9.17) is 14.2 Å². The van der Waals surface area contributed by atoms with Gasteiger partial charge in [0.25, 0.3) is 0 Å². The molecule has 4 N–H and O–H groups in total. The maximum Gasteiger partial charge on any atom is 0.305 e. The van der Waals surface area contributed by atoms with Crippen LogP contribution in [-0.4, -0.2) is 59.6 Å². The van der Waals surface area contributed by atoms with Crippen molar-refractivity contribution < 1.29 is 34.6 Å². The Balaban J connectivity index is 2.00. The van der Waals surface area contributed by atoms with E-state index in [1.165, 1.54) is 0 Å². The summed E-state index contributed by atoms with van der Waals surface area (Å²) in [6, 6.07) is 19.4. The highest BCUT2D eigenvalue weighted by atomic mass is 28.4. The lowest BCUT2D eigenvalue weighted by molar-refractivity contribution is -0.412. The van der Waals surface area contributed by atoms with Gasteiger partial charge < -0.3 is 25.2 Å². The summed E-state index contributed by atoms with van der Waals surface area (Å²) < 4.78 is 11.3. The highest BCUT2D eigenvalue weighted by Crippen LogP contribution is 2.37. The van der Waals surface area contributed by atoms with Crippen molar-refractivity contribution in [3.8, 4) is 0 Å². The molecule has 0 spiro atoms. The zero-order chi connectivity index (χ0) is 21.2. The van der Waals surface area contributed by atoms with Gasteiger partial charge in [-0.15, -0.1) is 0 Å². The van der Waals surface area contributed by atoms with Crippen LogP contribution in [0.15, 0.2) is 60.7 Å². The smallest absolute Gasteiger partial charge is 0.305 e. The summed E-state index contributed by atoms with van der Waals surface area (Å²) in [5.41, 5.74) is 0. The Labute approximate surface area is 171 Å². The Morgan fingerprint density at radius 2 is 1.24 bits per heavy atom. The largest absolute Gasteiger partial charge is 0.387 e. The minimum Gasteiger partial charge on any atom is -0.387 e. The summed E-state index contributed by atoms with van der Waals surface area (Å²) in [7, 11) is -3.06. The first-order valence-electron chi connectivity index (χ1n) is 9.52. The monoisotopic (exact) mass is 420 g/mol. The fraction of sp³-hybridized carbons (Fsp3) is 0.429. The van der Waals surface area contributed by atoms with E-state index < -0.39 is 39.2 Å². The highest BCUT2D eigenvalue weighted by Gasteiger charge is 2.53. The third-order valence-corrected chi connectivity index (χ3v) is 9.98. The van der Waals surface area contributed by atoms with Crippen LogP contribution in [0.25, 0.3) is 0 Å². The molecule has 1 saturated heterocycles. The molecule has 0 aliphatic carbocycles. The van der Waals surface area contributed by atoms with Crippen LogP contribution in [0.4, 0.5) is 0 Å². The Kier molecular flexibility index (Phi) is 6.56. The summed E-state index contributed by atoms with van der Waals surface area (Å²) in [5.74, 6) is 0. The van der Waals surface area contributed by atoms with Crippen molar-refractivity contribution in [3.05, 3.63) is 60.7 Å². The molecule has 2 aromatic carbocycles.